The van der Waals surface area contributed by atoms with E-state index in [0.29, 0.717) is 17.0 Å². The summed E-state index contributed by atoms with van der Waals surface area (Å²) >= 11 is 3.31. The lowest BCUT2D eigenvalue weighted by Gasteiger charge is -2.21. The lowest BCUT2D eigenvalue weighted by molar-refractivity contribution is -0.121. The van der Waals surface area contributed by atoms with Gasteiger partial charge < -0.3 is 10.1 Å². The fraction of sp³-hybridized carbons (Fsp3) is 0.100. The van der Waals surface area contributed by atoms with Gasteiger partial charge >= 0.3 is 0 Å². The summed E-state index contributed by atoms with van der Waals surface area (Å²) in [5.41, 5.74) is 4.48. The number of sulfonamides is 1. The number of benzene rings is 4. The molecule has 0 fully saturated rings. The molecule has 0 aliphatic heterocycles. The summed E-state index contributed by atoms with van der Waals surface area (Å²) in [7, 11) is -3.97. The van der Waals surface area contributed by atoms with Crippen molar-refractivity contribution in [1.29, 1.82) is 0 Å². The molecule has 41 heavy (non-hydrogen) atoms. The van der Waals surface area contributed by atoms with Crippen LogP contribution in [0.4, 0.5) is 5.69 Å². The fourth-order valence-electron chi connectivity index (χ4n) is 3.66. The first-order valence-corrected chi connectivity index (χ1v) is 14.7. The first-order valence-electron chi connectivity index (χ1n) is 12.5. The molecule has 210 valence electrons. The van der Waals surface area contributed by atoms with Crippen LogP contribution in [0.3, 0.4) is 0 Å². The lowest BCUT2D eigenvalue weighted by atomic mass is 10.2. The van der Waals surface area contributed by atoms with Crippen LogP contribution in [0.15, 0.2) is 124 Å². The number of carbonyl (C=O) groups excluding carboxylic acids is 2. The molecule has 0 atom stereocenters. The first kappa shape index (κ1) is 29.7. The molecule has 0 unspecified atom stereocenters. The van der Waals surface area contributed by atoms with Crippen molar-refractivity contribution in [3.05, 3.63) is 125 Å². The second kappa shape index (κ2) is 14.4. The van der Waals surface area contributed by atoms with Gasteiger partial charge in [-0.05, 0) is 71.8 Å². The number of halogens is 1. The van der Waals surface area contributed by atoms with Crippen molar-refractivity contribution in [3.8, 4) is 5.75 Å². The summed E-state index contributed by atoms with van der Waals surface area (Å²) in [4.78, 5) is 24.8. The highest BCUT2D eigenvalue weighted by Crippen LogP contribution is 2.21. The van der Waals surface area contributed by atoms with Crippen molar-refractivity contribution in [2.24, 2.45) is 5.10 Å². The molecule has 0 heterocycles. The summed E-state index contributed by atoms with van der Waals surface area (Å²) < 4.78 is 34.1. The third-order valence-corrected chi connectivity index (χ3v) is 8.02. The second-order valence-electron chi connectivity index (χ2n) is 8.78. The molecule has 0 aromatic heterocycles. The SMILES string of the molecule is O=C(CN(Cc1ccccc1)S(=O)(=O)c1ccc(Br)cc1)N/N=C/c1ccc(OCC(=O)Nc2ccccc2)cc1. The van der Waals surface area contributed by atoms with Crippen LogP contribution in [0.5, 0.6) is 5.75 Å². The lowest BCUT2D eigenvalue weighted by Crippen LogP contribution is -2.39. The first-order chi connectivity index (χ1) is 19.8. The Morgan fingerprint density at radius 3 is 2.12 bits per heavy atom. The Hall–Kier alpha value is -4.32. The van der Waals surface area contributed by atoms with Gasteiger partial charge in [0.25, 0.3) is 11.8 Å². The van der Waals surface area contributed by atoms with Gasteiger partial charge in [0, 0.05) is 16.7 Å². The number of hydrogen-bond acceptors (Lipinski definition) is 6. The molecular formula is C30H27BrN4O5S. The molecule has 4 aromatic rings. The standard InChI is InChI=1S/C30H27BrN4O5S/c31-25-13-17-28(18-14-25)41(38,39)35(20-24-7-3-1-4-8-24)21-29(36)34-32-19-23-11-15-27(16-12-23)40-22-30(37)33-26-9-5-2-6-10-26/h1-19H,20-22H2,(H,33,37)(H,34,36)/b32-19+. The smallest absolute Gasteiger partial charge is 0.262 e. The number of anilines is 1. The summed E-state index contributed by atoms with van der Waals surface area (Å²) in [6, 6.07) is 31.1. The van der Waals surface area contributed by atoms with Crippen LogP contribution < -0.4 is 15.5 Å². The maximum atomic E-state index is 13.4. The van der Waals surface area contributed by atoms with Crippen molar-refractivity contribution in [1.82, 2.24) is 9.73 Å². The Balaban J connectivity index is 1.33. The molecule has 0 saturated heterocycles. The molecule has 11 heteroatoms. The third kappa shape index (κ3) is 9.10. The predicted molar refractivity (Wildman–Crippen MR) is 161 cm³/mol. The summed E-state index contributed by atoms with van der Waals surface area (Å²) in [6.07, 6.45) is 1.43. The average molecular weight is 636 g/mol. The Labute approximate surface area is 247 Å². The summed E-state index contributed by atoms with van der Waals surface area (Å²) in [6.45, 7) is -0.565. The molecule has 0 saturated carbocycles. The molecular weight excluding hydrogens is 608 g/mol. The summed E-state index contributed by atoms with van der Waals surface area (Å²) in [5, 5.41) is 6.70. The van der Waals surface area contributed by atoms with Gasteiger partial charge in [-0.3, -0.25) is 9.59 Å². The van der Waals surface area contributed by atoms with Crippen LogP contribution in [0, 0.1) is 0 Å². The molecule has 2 amide bonds. The van der Waals surface area contributed by atoms with Gasteiger partial charge in [-0.1, -0.05) is 64.5 Å². The Bertz CT molecular complexity index is 1580. The van der Waals surface area contributed by atoms with Gasteiger partial charge in [-0.2, -0.15) is 9.41 Å². The van der Waals surface area contributed by atoms with E-state index in [1.54, 1.807) is 72.8 Å². The van der Waals surface area contributed by atoms with E-state index >= 15 is 0 Å². The number of amides is 2. The molecule has 0 spiro atoms. The number of para-hydroxylation sites is 1. The predicted octanol–water partition coefficient (Wildman–Crippen LogP) is 4.81. The molecule has 4 aromatic carbocycles. The maximum absolute atomic E-state index is 13.4. The molecule has 2 N–H and O–H groups in total. The molecule has 0 aliphatic carbocycles. The van der Waals surface area contributed by atoms with Crippen LogP contribution in [-0.2, 0) is 26.2 Å². The van der Waals surface area contributed by atoms with E-state index in [1.807, 2.05) is 24.3 Å². The number of nitrogens with zero attached hydrogens (tertiary/aromatic N) is 2. The Kier molecular flexibility index (Phi) is 10.4. The minimum Gasteiger partial charge on any atom is -0.484 e. The number of hydrazone groups is 1. The molecule has 9 nitrogen and oxygen atoms in total. The zero-order valence-electron chi connectivity index (χ0n) is 21.8. The van der Waals surface area contributed by atoms with Crippen molar-refractivity contribution >= 4 is 49.7 Å². The van der Waals surface area contributed by atoms with E-state index in [4.69, 9.17) is 4.74 Å². The van der Waals surface area contributed by atoms with Gasteiger partial charge in [0.05, 0.1) is 17.7 Å². The van der Waals surface area contributed by atoms with Crippen molar-refractivity contribution in [3.63, 3.8) is 0 Å². The van der Waals surface area contributed by atoms with E-state index < -0.39 is 22.5 Å². The third-order valence-electron chi connectivity index (χ3n) is 5.68. The number of hydrogen-bond donors (Lipinski definition) is 2. The van der Waals surface area contributed by atoms with E-state index in [-0.39, 0.29) is 24.0 Å². The number of ether oxygens (including phenoxy) is 1. The van der Waals surface area contributed by atoms with E-state index in [0.717, 1.165) is 14.3 Å². The molecule has 0 aliphatic rings. The van der Waals surface area contributed by atoms with Crippen LogP contribution >= 0.6 is 15.9 Å². The minimum atomic E-state index is -3.97. The normalized spacial score (nSPS) is 11.4. The maximum Gasteiger partial charge on any atom is 0.262 e. The average Bonchev–Trinajstić information content (AvgIpc) is 2.98. The van der Waals surface area contributed by atoms with Crippen LogP contribution in [-0.4, -0.2) is 43.9 Å². The van der Waals surface area contributed by atoms with E-state index in [1.165, 1.54) is 18.3 Å². The van der Waals surface area contributed by atoms with Gasteiger partial charge in [0.1, 0.15) is 5.75 Å². The molecule has 0 radical (unpaired) electrons. The molecule has 0 bridgehead atoms. The van der Waals surface area contributed by atoms with Crippen LogP contribution in [0.2, 0.25) is 0 Å². The van der Waals surface area contributed by atoms with Crippen LogP contribution in [0.25, 0.3) is 0 Å². The Morgan fingerprint density at radius 1 is 0.829 bits per heavy atom. The van der Waals surface area contributed by atoms with Gasteiger partial charge in [-0.25, -0.2) is 13.8 Å². The van der Waals surface area contributed by atoms with Gasteiger partial charge in [0.2, 0.25) is 10.0 Å². The minimum absolute atomic E-state index is 0.0151. The second-order valence-corrected chi connectivity index (χ2v) is 11.6. The topological polar surface area (TPSA) is 117 Å². The largest absolute Gasteiger partial charge is 0.484 e. The quantitative estimate of drug-likeness (QED) is 0.171. The molecule has 4 rings (SSSR count). The van der Waals surface area contributed by atoms with Crippen molar-refractivity contribution < 1.29 is 22.7 Å². The van der Waals surface area contributed by atoms with Crippen molar-refractivity contribution in [2.45, 2.75) is 11.4 Å². The van der Waals surface area contributed by atoms with E-state index in [2.05, 4.69) is 31.8 Å². The number of rotatable bonds is 12. The van der Waals surface area contributed by atoms with Gasteiger partial charge in [0.15, 0.2) is 6.61 Å². The number of carbonyl (C=O) groups is 2. The zero-order chi connectivity index (χ0) is 29.1. The Morgan fingerprint density at radius 2 is 1.46 bits per heavy atom. The fourth-order valence-corrected chi connectivity index (χ4v) is 5.31. The van der Waals surface area contributed by atoms with E-state index in [9.17, 15) is 18.0 Å². The summed E-state index contributed by atoms with van der Waals surface area (Å²) in [5.74, 6) is -0.389. The highest BCUT2D eigenvalue weighted by atomic mass is 79.9. The number of nitrogens with one attached hydrogen (secondary N) is 2. The highest BCUT2D eigenvalue weighted by molar-refractivity contribution is 9.10. The zero-order valence-corrected chi connectivity index (χ0v) is 24.2. The van der Waals surface area contributed by atoms with Gasteiger partial charge in [-0.15, -0.1) is 0 Å². The van der Waals surface area contributed by atoms with Crippen LogP contribution in [0.1, 0.15) is 11.1 Å². The highest BCUT2D eigenvalue weighted by Gasteiger charge is 2.27. The monoisotopic (exact) mass is 634 g/mol. The van der Waals surface area contributed by atoms with Crippen molar-refractivity contribution in [2.75, 3.05) is 18.5 Å².